The zero-order valence-electron chi connectivity index (χ0n) is 11.4. The number of sulfone groups is 1. The van der Waals surface area contributed by atoms with Gasteiger partial charge in [-0.05, 0) is 12.1 Å². The number of nitrogens with zero attached hydrogens (tertiary/aromatic N) is 1. The molecule has 21 heavy (non-hydrogen) atoms. The molecule has 1 saturated heterocycles. The molecule has 1 atom stereocenters. The van der Waals surface area contributed by atoms with Crippen LogP contribution in [0, 0.1) is 0 Å². The molecule has 114 valence electrons. The number of hydrogen-bond acceptors (Lipinski definition) is 5. The summed E-state index contributed by atoms with van der Waals surface area (Å²) in [5.74, 6) is -1.66. The molecule has 0 aromatic heterocycles. The van der Waals surface area contributed by atoms with Crippen molar-refractivity contribution in [2.75, 3.05) is 26.0 Å². The van der Waals surface area contributed by atoms with Crippen LogP contribution >= 0.6 is 0 Å². The molecule has 1 aliphatic rings. The van der Waals surface area contributed by atoms with Crippen LogP contribution in [-0.2, 0) is 19.4 Å². The first-order chi connectivity index (χ1) is 9.80. The first-order valence-electron chi connectivity index (χ1n) is 6.23. The lowest BCUT2D eigenvalue weighted by atomic mass is 10.1. The van der Waals surface area contributed by atoms with Crippen LogP contribution in [0.1, 0.15) is 10.4 Å². The Hall–Kier alpha value is -1.93. The number of benzene rings is 1. The quantitative estimate of drug-likeness (QED) is 0.844. The number of carboxylic acid groups (broad SMARTS) is 1. The molecular weight excluding hydrogens is 298 g/mol. The summed E-state index contributed by atoms with van der Waals surface area (Å²) in [7, 11) is -3.54. The van der Waals surface area contributed by atoms with Crippen molar-refractivity contribution in [3.8, 4) is 0 Å². The van der Waals surface area contributed by atoms with Crippen LogP contribution in [0.3, 0.4) is 0 Å². The lowest BCUT2D eigenvalue weighted by molar-refractivity contribution is -0.154. The van der Waals surface area contributed by atoms with Crippen molar-refractivity contribution >= 4 is 21.7 Å². The van der Waals surface area contributed by atoms with Crippen molar-refractivity contribution in [2.45, 2.75) is 11.0 Å². The summed E-state index contributed by atoms with van der Waals surface area (Å²) in [6.45, 7) is 0.219. The zero-order valence-corrected chi connectivity index (χ0v) is 12.2. The van der Waals surface area contributed by atoms with E-state index in [4.69, 9.17) is 9.84 Å². The third kappa shape index (κ3) is 3.40. The molecule has 1 aromatic carbocycles. The van der Waals surface area contributed by atoms with Crippen molar-refractivity contribution in [2.24, 2.45) is 0 Å². The van der Waals surface area contributed by atoms with Gasteiger partial charge in [-0.15, -0.1) is 0 Å². The van der Waals surface area contributed by atoms with Crippen LogP contribution in [0.25, 0.3) is 0 Å². The third-order valence-corrected chi connectivity index (χ3v) is 4.30. The molecule has 2 rings (SSSR count). The Morgan fingerprint density at radius 2 is 2.00 bits per heavy atom. The Labute approximate surface area is 122 Å². The van der Waals surface area contributed by atoms with Gasteiger partial charge in [-0.2, -0.15) is 0 Å². The topological polar surface area (TPSA) is 101 Å². The molecule has 1 aromatic rings. The number of ether oxygens (including phenoxy) is 1. The molecule has 1 fully saturated rings. The zero-order chi connectivity index (χ0) is 15.6. The minimum absolute atomic E-state index is 0.0473. The third-order valence-electron chi connectivity index (χ3n) is 3.15. The second kappa shape index (κ2) is 5.82. The minimum atomic E-state index is -3.54. The average molecular weight is 313 g/mol. The van der Waals surface area contributed by atoms with Crippen LogP contribution in [0.2, 0.25) is 0 Å². The van der Waals surface area contributed by atoms with E-state index in [-0.39, 0.29) is 30.2 Å². The van der Waals surface area contributed by atoms with Crippen molar-refractivity contribution in [3.63, 3.8) is 0 Å². The fraction of sp³-hybridized carbons (Fsp3) is 0.385. The number of carboxylic acids is 1. The molecule has 0 spiro atoms. The molecule has 0 saturated carbocycles. The Balaban J connectivity index is 2.31. The maximum Gasteiger partial charge on any atom is 0.334 e. The van der Waals surface area contributed by atoms with Gasteiger partial charge >= 0.3 is 5.97 Å². The molecule has 0 radical (unpaired) electrons. The van der Waals surface area contributed by atoms with Gasteiger partial charge in [0.1, 0.15) is 0 Å². The van der Waals surface area contributed by atoms with E-state index >= 15 is 0 Å². The van der Waals surface area contributed by atoms with Crippen molar-refractivity contribution in [1.29, 1.82) is 0 Å². The van der Waals surface area contributed by atoms with Crippen LogP contribution in [0.5, 0.6) is 0 Å². The van der Waals surface area contributed by atoms with Crippen LogP contribution in [0.4, 0.5) is 0 Å². The predicted octanol–water partition coefficient (Wildman–Crippen LogP) is 0.0157. The fourth-order valence-electron chi connectivity index (χ4n) is 2.12. The Bertz CT molecular complexity index is 669. The van der Waals surface area contributed by atoms with E-state index in [0.717, 1.165) is 6.26 Å². The molecule has 1 aliphatic heterocycles. The van der Waals surface area contributed by atoms with Crippen LogP contribution < -0.4 is 0 Å². The molecule has 7 nitrogen and oxygen atoms in total. The van der Waals surface area contributed by atoms with E-state index in [2.05, 4.69) is 0 Å². The summed E-state index contributed by atoms with van der Waals surface area (Å²) in [4.78, 5) is 24.6. The number of aliphatic carboxylic acids is 1. The van der Waals surface area contributed by atoms with Crippen molar-refractivity contribution in [3.05, 3.63) is 29.8 Å². The van der Waals surface area contributed by atoms with Gasteiger partial charge in [0.2, 0.25) is 0 Å². The summed E-state index contributed by atoms with van der Waals surface area (Å²) in [5, 5.41) is 8.93. The van der Waals surface area contributed by atoms with Gasteiger partial charge in [0.25, 0.3) is 5.91 Å². The summed E-state index contributed by atoms with van der Waals surface area (Å²) in [5.41, 5.74) is 0.0473. The number of carbonyl (C=O) groups excluding carboxylic acids is 1. The highest BCUT2D eigenvalue weighted by molar-refractivity contribution is 7.90. The molecule has 0 aliphatic carbocycles. The average Bonchev–Trinajstić information content (AvgIpc) is 2.45. The SMILES string of the molecule is CS(=O)(=O)c1ccccc1C(=O)N1CCOC(C(=O)O)C1. The molecule has 1 amide bonds. The van der Waals surface area contributed by atoms with Crippen LogP contribution in [0.15, 0.2) is 29.2 Å². The number of morpholine rings is 1. The highest BCUT2D eigenvalue weighted by Gasteiger charge is 2.31. The predicted molar refractivity (Wildman–Crippen MR) is 72.8 cm³/mol. The number of amides is 1. The maximum atomic E-state index is 12.4. The molecule has 1 N–H and O–H groups in total. The van der Waals surface area contributed by atoms with Crippen LogP contribution in [-0.4, -0.2) is 62.4 Å². The van der Waals surface area contributed by atoms with Gasteiger partial charge in [-0.25, -0.2) is 13.2 Å². The molecule has 1 unspecified atom stereocenters. The monoisotopic (exact) mass is 313 g/mol. The lowest BCUT2D eigenvalue weighted by Gasteiger charge is -2.31. The Kier molecular flexibility index (Phi) is 4.29. The van der Waals surface area contributed by atoms with Gasteiger partial charge in [0, 0.05) is 12.8 Å². The first-order valence-corrected chi connectivity index (χ1v) is 8.12. The van der Waals surface area contributed by atoms with Gasteiger partial charge in [0.15, 0.2) is 15.9 Å². The molecule has 1 heterocycles. The Morgan fingerprint density at radius 3 is 2.62 bits per heavy atom. The summed E-state index contributed by atoms with van der Waals surface area (Å²) < 4.78 is 28.5. The van der Waals surface area contributed by atoms with E-state index in [1.807, 2.05) is 0 Å². The van der Waals surface area contributed by atoms with E-state index < -0.39 is 27.8 Å². The lowest BCUT2D eigenvalue weighted by Crippen LogP contribution is -2.48. The first kappa shape index (κ1) is 15.5. The smallest absolute Gasteiger partial charge is 0.334 e. The summed E-state index contributed by atoms with van der Waals surface area (Å²) >= 11 is 0. The van der Waals surface area contributed by atoms with E-state index in [0.29, 0.717) is 0 Å². The second-order valence-electron chi connectivity index (χ2n) is 4.72. The van der Waals surface area contributed by atoms with E-state index in [1.165, 1.54) is 23.1 Å². The summed E-state index contributed by atoms with van der Waals surface area (Å²) in [6.07, 6.45) is -0.0635. The number of carbonyl (C=O) groups is 2. The van der Waals surface area contributed by atoms with E-state index in [9.17, 15) is 18.0 Å². The highest BCUT2D eigenvalue weighted by Crippen LogP contribution is 2.19. The van der Waals surface area contributed by atoms with Gasteiger partial charge in [-0.1, -0.05) is 12.1 Å². The highest BCUT2D eigenvalue weighted by atomic mass is 32.2. The number of rotatable bonds is 3. The standard InChI is InChI=1S/C13H15NO6S/c1-21(18,19)11-5-3-2-4-9(11)12(15)14-6-7-20-10(8-14)13(16)17/h2-5,10H,6-8H2,1H3,(H,16,17). The fourth-order valence-corrected chi connectivity index (χ4v) is 3.00. The van der Waals surface area contributed by atoms with E-state index in [1.54, 1.807) is 6.07 Å². The maximum absolute atomic E-state index is 12.4. The normalized spacial score (nSPS) is 19.3. The second-order valence-corrected chi connectivity index (χ2v) is 6.70. The van der Waals surface area contributed by atoms with Crippen molar-refractivity contribution in [1.82, 2.24) is 4.90 Å². The molecule has 0 bridgehead atoms. The molecule has 8 heteroatoms. The Morgan fingerprint density at radius 1 is 1.33 bits per heavy atom. The largest absolute Gasteiger partial charge is 0.479 e. The van der Waals surface area contributed by atoms with Gasteiger partial charge in [-0.3, -0.25) is 4.79 Å². The molecular formula is C13H15NO6S. The van der Waals surface area contributed by atoms with Gasteiger partial charge < -0.3 is 14.7 Å². The minimum Gasteiger partial charge on any atom is -0.479 e. The summed E-state index contributed by atoms with van der Waals surface area (Å²) in [6, 6.07) is 5.88. The number of hydrogen-bond donors (Lipinski definition) is 1. The van der Waals surface area contributed by atoms with Crippen molar-refractivity contribution < 1.29 is 27.9 Å². The van der Waals surface area contributed by atoms with Gasteiger partial charge in [0.05, 0.1) is 23.6 Å².